The van der Waals surface area contributed by atoms with E-state index in [1.165, 1.54) is 12.1 Å². The third-order valence-electron chi connectivity index (χ3n) is 3.96. The van der Waals surface area contributed by atoms with Crippen molar-refractivity contribution < 1.29 is 4.39 Å². The second-order valence-electron chi connectivity index (χ2n) is 5.74. The molecule has 4 rings (SSSR count). The van der Waals surface area contributed by atoms with E-state index in [4.69, 9.17) is 10.8 Å². The Morgan fingerprint density at radius 3 is 2.54 bits per heavy atom. The van der Waals surface area contributed by atoms with Crippen LogP contribution in [0, 0.1) is 12.7 Å². The number of rotatable bonds is 2. The number of hydrogen-bond donors (Lipinski definition) is 1. The molecular weight excluding hydrogens is 303 g/mol. The number of nitrogens with zero attached hydrogens (tertiary/aromatic N) is 3. The molecule has 0 fully saturated rings. The monoisotopic (exact) mass is 318 g/mol. The van der Waals surface area contributed by atoms with Crippen molar-refractivity contribution in [1.82, 2.24) is 14.6 Å². The molecular formula is C19H15FN4. The van der Waals surface area contributed by atoms with Gasteiger partial charge in [0.15, 0.2) is 0 Å². The highest BCUT2D eigenvalue weighted by atomic mass is 19.1. The van der Waals surface area contributed by atoms with Gasteiger partial charge in [-0.1, -0.05) is 6.07 Å². The van der Waals surface area contributed by atoms with Gasteiger partial charge in [0.05, 0.1) is 5.52 Å². The first-order valence-electron chi connectivity index (χ1n) is 7.58. The van der Waals surface area contributed by atoms with Crippen LogP contribution in [0.2, 0.25) is 0 Å². The largest absolute Gasteiger partial charge is 0.384 e. The minimum atomic E-state index is -0.270. The van der Waals surface area contributed by atoms with Crippen LogP contribution in [0.5, 0.6) is 0 Å². The zero-order valence-corrected chi connectivity index (χ0v) is 13.1. The van der Waals surface area contributed by atoms with Gasteiger partial charge in [-0.15, -0.1) is 0 Å². The van der Waals surface area contributed by atoms with Gasteiger partial charge in [-0.05, 0) is 60.5 Å². The van der Waals surface area contributed by atoms with Crippen molar-refractivity contribution in [2.24, 2.45) is 0 Å². The van der Waals surface area contributed by atoms with E-state index in [9.17, 15) is 4.39 Å². The summed E-state index contributed by atoms with van der Waals surface area (Å²) in [5, 5.41) is 4.71. The predicted molar refractivity (Wildman–Crippen MR) is 93.0 cm³/mol. The van der Waals surface area contributed by atoms with E-state index >= 15 is 0 Å². The first-order valence-corrected chi connectivity index (χ1v) is 7.58. The zero-order chi connectivity index (χ0) is 16.7. The van der Waals surface area contributed by atoms with Crippen LogP contribution in [0.4, 0.5) is 10.2 Å². The maximum Gasteiger partial charge on any atom is 0.123 e. The van der Waals surface area contributed by atoms with Crippen LogP contribution in [-0.4, -0.2) is 14.6 Å². The molecule has 0 unspecified atom stereocenters. The van der Waals surface area contributed by atoms with Crippen LogP contribution >= 0.6 is 0 Å². The number of nitrogen functional groups attached to an aromatic ring is 1. The van der Waals surface area contributed by atoms with Crippen LogP contribution < -0.4 is 5.73 Å². The first kappa shape index (κ1) is 14.4. The predicted octanol–water partition coefficient (Wildman–Crippen LogP) is 4.09. The van der Waals surface area contributed by atoms with Gasteiger partial charge in [0.1, 0.15) is 17.3 Å². The smallest absolute Gasteiger partial charge is 0.123 e. The summed E-state index contributed by atoms with van der Waals surface area (Å²) in [4.78, 5) is 4.06. The van der Waals surface area contributed by atoms with Crippen LogP contribution in [0.15, 0.2) is 60.9 Å². The summed E-state index contributed by atoms with van der Waals surface area (Å²) in [5.74, 6) is 0.178. The third-order valence-corrected chi connectivity index (χ3v) is 3.96. The zero-order valence-electron chi connectivity index (χ0n) is 13.1. The molecule has 0 spiro atoms. The van der Waals surface area contributed by atoms with Crippen molar-refractivity contribution in [2.45, 2.75) is 6.92 Å². The molecule has 2 N–H and O–H groups in total. The van der Waals surface area contributed by atoms with Crippen molar-refractivity contribution in [1.29, 1.82) is 0 Å². The number of aromatic nitrogens is 3. The molecule has 4 aromatic rings. The van der Waals surface area contributed by atoms with Gasteiger partial charge < -0.3 is 5.73 Å². The molecule has 3 heterocycles. The highest BCUT2D eigenvalue weighted by molar-refractivity contribution is 5.92. The van der Waals surface area contributed by atoms with Gasteiger partial charge in [0.25, 0.3) is 0 Å². The number of aryl methyl sites for hydroxylation is 1. The summed E-state index contributed by atoms with van der Waals surface area (Å²) >= 11 is 0. The van der Waals surface area contributed by atoms with E-state index in [1.807, 2.05) is 41.9 Å². The maximum absolute atomic E-state index is 13.3. The third kappa shape index (κ3) is 2.40. The molecule has 0 amide bonds. The average molecular weight is 318 g/mol. The lowest BCUT2D eigenvalue weighted by atomic mass is 10.0. The van der Waals surface area contributed by atoms with Crippen LogP contribution in [0.1, 0.15) is 5.56 Å². The second kappa shape index (κ2) is 5.45. The quantitative estimate of drug-likeness (QED) is 0.605. The molecule has 24 heavy (non-hydrogen) atoms. The number of benzene rings is 1. The van der Waals surface area contributed by atoms with E-state index in [-0.39, 0.29) is 5.82 Å². The van der Waals surface area contributed by atoms with Gasteiger partial charge in [0, 0.05) is 23.5 Å². The molecule has 4 nitrogen and oxygen atoms in total. The lowest BCUT2D eigenvalue weighted by Crippen LogP contribution is -1.90. The summed E-state index contributed by atoms with van der Waals surface area (Å²) in [5.41, 5.74) is 11.4. The normalized spacial score (nSPS) is 11.1. The number of pyridine rings is 2. The summed E-state index contributed by atoms with van der Waals surface area (Å²) in [6, 6.07) is 14.1. The van der Waals surface area contributed by atoms with Gasteiger partial charge >= 0.3 is 0 Å². The molecule has 118 valence electrons. The first-order chi connectivity index (χ1) is 11.6. The molecule has 0 aliphatic carbocycles. The minimum Gasteiger partial charge on any atom is -0.384 e. The maximum atomic E-state index is 13.3. The lowest BCUT2D eigenvalue weighted by molar-refractivity contribution is 0.628. The van der Waals surface area contributed by atoms with Crippen molar-refractivity contribution in [3.8, 4) is 22.4 Å². The van der Waals surface area contributed by atoms with E-state index in [0.717, 1.165) is 33.5 Å². The number of fused-ring (bicyclic) bond motifs is 1. The molecule has 0 radical (unpaired) electrons. The molecule has 5 heteroatoms. The van der Waals surface area contributed by atoms with Crippen LogP contribution in [-0.2, 0) is 0 Å². The Labute approximate surface area is 138 Å². The number of halogens is 1. The van der Waals surface area contributed by atoms with Gasteiger partial charge in [-0.25, -0.2) is 13.9 Å². The van der Waals surface area contributed by atoms with E-state index < -0.39 is 0 Å². The van der Waals surface area contributed by atoms with E-state index in [1.54, 1.807) is 18.3 Å². The van der Waals surface area contributed by atoms with Crippen LogP contribution in [0.3, 0.4) is 0 Å². The SMILES string of the molecule is Cc1ccc2c(-c3ccnc(N)c3)c(-c3ccc(F)cc3)nn2c1. The molecule has 0 atom stereocenters. The van der Waals surface area contributed by atoms with Gasteiger partial charge in [-0.2, -0.15) is 5.10 Å². The van der Waals surface area contributed by atoms with E-state index in [2.05, 4.69) is 4.98 Å². The Morgan fingerprint density at radius 2 is 1.79 bits per heavy atom. The molecule has 1 aromatic carbocycles. The standard InChI is InChI=1S/C19H15FN4/c1-12-2-7-16-18(14-8-9-22-17(21)10-14)19(23-24(16)11-12)13-3-5-15(20)6-4-13/h2-11H,1H3,(H2,21,22). The van der Waals surface area contributed by atoms with Crippen LogP contribution in [0.25, 0.3) is 27.9 Å². The Balaban J connectivity index is 2.05. The summed E-state index contributed by atoms with van der Waals surface area (Å²) in [6.07, 6.45) is 3.65. The minimum absolute atomic E-state index is 0.270. The Bertz CT molecular complexity index is 1040. The molecule has 0 aliphatic rings. The molecule has 3 aromatic heterocycles. The highest BCUT2D eigenvalue weighted by Gasteiger charge is 2.17. The summed E-state index contributed by atoms with van der Waals surface area (Å²) < 4.78 is 15.1. The highest BCUT2D eigenvalue weighted by Crippen LogP contribution is 2.35. The van der Waals surface area contributed by atoms with Crippen molar-refractivity contribution in [3.05, 3.63) is 72.3 Å². The average Bonchev–Trinajstić information content (AvgIpc) is 2.94. The van der Waals surface area contributed by atoms with Crippen molar-refractivity contribution >= 4 is 11.3 Å². The molecule has 0 saturated heterocycles. The fourth-order valence-electron chi connectivity index (χ4n) is 2.85. The van der Waals surface area contributed by atoms with Crippen molar-refractivity contribution in [2.75, 3.05) is 5.73 Å². The fraction of sp³-hybridized carbons (Fsp3) is 0.0526. The lowest BCUT2D eigenvalue weighted by Gasteiger charge is -2.05. The fourth-order valence-corrected chi connectivity index (χ4v) is 2.85. The second-order valence-corrected chi connectivity index (χ2v) is 5.74. The Morgan fingerprint density at radius 1 is 1.00 bits per heavy atom. The Kier molecular flexibility index (Phi) is 3.27. The number of hydrogen-bond acceptors (Lipinski definition) is 3. The topological polar surface area (TPSA) is 56.2 Å². The summed E-state index contributed by atoms with van der Waals surface area (Å²) in [6.45, 7) is 2.02. The van der Waals surface area contributed by atoms with E-state index in [0.29, 0.717) is 5.82 Å². The molecule has 0 bridgehead atoms. The number of anilines is 1. The Hall–Kier alpha value is -3.21. The summed E-state index contributed by atoms with van der Waals surface area (Å²) in [7, 11) is 0. The molecule has 0 saturated carbocycles. The van der Waals surface area contributed by atoms with Gasteiger partial charge in [0.2, 0.25) is 0 Å². The molecule has 0 aliphatic heterocycles. The number of nitrogens with two attached hydrogens (primary N) is 1. The van der Waals surface area contributed by atoms with Gasteiger partial charge in [-0.3, -0.25) is 0 Å². The van der Waals surface area contributed by atoms with Crippen molar-refractivity contribution in [3.63, 3.8) is 0 Å².